The molecule has 1 amide bonds. The first-order valence-electron chi connectivity index (χ1n) is 11.3. The Kier molecular flexibility index (Phi) is 6.03. The van der Waals surface area contributed by atoms with Crippen LogP contribution in [-0.2, 0) is 0 Å². The lowest BCUT2D eigenvalue weighted by Gasteiger charge is -2.39. The monoisotopic (exact) mass is 507 g/mol. The second-order valence-corrected chi connectivity index (χ2v) is 9.71. The van der Waals surface area contributed by atoms with E-state index in [0.29, 0.717) is 22.4 Å². The Balaban J connectivity index is 1.59. The Labute approximate surface area is 212 Å². The van der Waals surface area contributed by atoms with Crippen LogP contribution in [0.25, 0.3) is 10.9 Å². The van der Waals surface area contributed by atoms with Gasteiger partial charge in [0.1, 0.15) is 5.82 Å². The number of rotatable bonds is 4. The minimum atomic E-state index is -0.503. The van der Waals surface area contributed by atoms with Gasteiger partial charge in [0, 0.05) is 17.5 Å². The van der Waals surface area contributed by atoms with Crippen LogP contribution in [0.15, 0.2) is 59.4 Å². The van der Waals surface area contributed by atoms with Crippen LogP contribution in [-0.4, -0.2) is 20.6 Å². The molecular formula is C27H23Cl2N3O3. The quantitative estimate of drug-likeness (QED) is 0.334. The maximum absolute atomic E-state index is 13.9. The van der Waals surface area contributed by atoms with Crippen molar-refractivity contribution in [2.45, 2.75) is 38.6 Å². The zero-order valence-corrected chi connectivity index (χ0v) is 20.7. The molecule has 0 saturated heterocycles. The summed E-state index contributed by atoms with van der Waals surface area (Å²) >= 11 is 12.0. The number of hydrogen-bond acceptors (Lipinski definition) is 4. The largest absolute Gasteiger partial charge is 0.505 e. The standard InChI is InChI=1S/C27H23Cl2N3O3/c1-14-8-10-21(31-26(34)17-12-19(28)25(33)20(29)13-17)23-24(14)30-15(2)32(27(23)35)22-11-9-18(22)16-6-4-3-5-7-16/h3-8,10,12-13,18,22,33H,9,11H2,1-2H3,(H,31,34)/t18-,22+/m0/s1. The van der Waals surface area contributed by atoms with Crippen LogP contribution in [0.3, 0.4) is 0 Å². The molecule has 0 aliphatic heterocycles. The van der Waals surface area contributed by atoms with Crippen LogP contribution in [0, 0.1) is 13.8 Å². The van der Waals surface area contributed by atoms with Gasteiger partial charge in [0.25, 0.3) is 11.5 Å². The summed E-state index contributed by atoms with van der Waals surface area (Å²) < 4.78 is 1.77. The molecule has 6 nitrogen and oxygen atoms in total. The molecule has 2 atom stereocenters. The molecule has 5 rings (SSSR count). The van der Waals surface area contributed by atoms with Gasteiger partial charge in [-0.05, 0) is 56.0 Å². The number of anilines is 1. The fourth-order valence-corrected chi connectivity index (χ4v) is 5.29. The second kappa shape index (κ2) is 9.02. The Morgan fingerprint density at radius 2 is 1.74 bits per heavy atom. The molecule has 1 heterocycles. The number of phenols is 1. The van der Waals surface area contributed by atoms with E-state index < -0.39 is 5.91 Å². The first-order chi connectivity index (χ1) is 16.8. The number of benzene rings is 3. The third kappa shape index (κ3) is 4.07. The smallest absolute Gasteiger partial charge is 0.263 e. The van der Waals surface area contributed by atoms with E-state index in [1.54, 1.807) is 10.6 Å². The molecule has 0 spiro atoms. The average molecular weight is 508 g/mol. The minimum absolute atomic E-state index is 0.000533. The number of aromatic hydroxyl groups is 1. The molecule has 0 unspecified atom stereocenters. The van der Waals surface area contributed by atoms with E-state index in [2.05, 4.69) is 17.4 Å². The summed E-state index contributed by atoms with van der Waals surface area (Å²) in [5.74, 6) is 0.0887. The van der Waals surface area contributed by atoms with Gasteiger partial charge in [-0.2, -0.15) is 0 Å². The molecule has 0 bridgehead atoms. The number of nitrogens with zero attached hydrogens (tertiary/aromatic N) is 2. The average Bonchev–Trinajstić information content (AvgIpc) is 2.81. The first kappa shape index (κ1) is 23.4. The van der Waals surface area contributed by atoms with Crippen molar-refractivity contribution in [3.05, 3.63) is 97.5 Å². The number of fused-ring (bicyclic) bond motifs is 1. The Hall–Kier alpha value is -3.35. The normalized spacial score (nSPS) is 17.3. The van der Waals surface area contributed by atoms with E-state index in [9.17, 15) is 14.7 Å². The molecule has 35 heavy (non-hydrogen) atoms. The predicted octanol–water partition coefficient (Wildman–Crippen LogP) is 6.40. The summed E-state index contributed by atoms with van der Waals surface area (Å²) in [6, 6.07) is 16.4. The summed E-state index contributed by atoms with van der Waals surface area (Å²) in [5, 5.41) is 12.9. The molecule has 8 heteroatoms. The molecule has 3 aromatic carbocycles. The highest BCUT2D eigenvalue weighted by atomic mass is 35.5. The van der Waals surface area contributed by atoms with Gasteiger partial charge in [0.2, 0.25) is 0 Å². The number of amides is 1. The van der Waals surface area contributed by atoms with E-state index in [1.807, 2.05) is 38.1 Å². The lowest BCUT2D eigenvalue weighted by atomic mass is 9.74. The van der Waals surface area contributed by atoms with Gasteiger partial charge < -0.3 is 10.4 Å². The SMILES string of the molecule is Cc1ccc(NC(=O)c2cc(Cl)c(O)c(Cl)c2)c2c(=O)n([C@@H]3CC[C@H]3c3ccccc3)c(C)nc12. The highest BCUT2D eigenvalue weighted by Gasteiger charge is 2.35. The zero-order chi connectivity index (χ0) is 24.9. The van der Waals surface area contributed by atoms with Crippen molar-refractivity contribution in [2.24, 2.45) is 0 Å². The number of phenolic OH excluding ortho intramolecular Hbond substituents is 1. The third-order valence-electron chi connectivity index (χ3n) is 6.76. The summed E-state index contributed by atoms with van der Waals surface area (Å²) in [6.45, 7) is 3.74. The maximum Gasteiger partial charge on any atom is 0.263 e. The van der Waals surface area contributed by atoms with Gasteiger partial charge in [-0.15, -0.1) is 0 Å². The van der Waals surface area contributed by atoms with Gasteiger partial charge >= 0.3 is 0 Å². The number of hydrogen-bond donors (Lipinski definition) is 2. The van der Waals surface area contributed by atoms with E-state index in [4.69, 9.17) is 28.2 Å². The number of carbonyl (C=O) groups is 1. The van der Waals surface area contributed by atoms with Crippen molar-refractivity contribution >= 4 is 45.7 Å². The van der Waals surface area contributed by atoms with Gasteiger partial charge in [-0.1, -0.05) is 59.6 Å². The van der Waals surface area contributed by atoms with Crippen molar-refractivity contribution in [1.82, 2.24) is 9.55 Å². The number of nitrogens with one attached hydrogen (secondary N) is 1. The molecule has 1 aromatic heterocycles. The second-order valence-electron chi connectivity index (χ2n) is 8.89. The van der Waals surface area contributed by atoms with Crippen molar-refractivity contribution in [3.63, 3.8) is 0 Å². The molecular weight excluding hydrogens is 485 g/mol. The van der Waals surface area contributed by atoms with E-state index in [-0.39, 0.29) is 38.9 Å². The topological polar surface area (TPSA) is 84.2 Å². The van der Waals surface area contributed by atoms with Gasteiger partial charge in [0.15, 0.2) is 5.75 Å². The summed E-state index contributed by atoms with van der Waals surface area (Å²) in [5.41, 5.74) is 2.94. The fourth-order valence-electron chi connectivity index (χ4n) is 4.81. The van der Waals surface area contributed by atoms with Crippen molar-refractivity contribution in [1.29, 1.82) is 0 Å². The highest BCUT2D eigenvalue weighted by molar-refractivity contribution is 6.37. The highest BCUT2D eigenvalue weighted by Crippen LogP contribution is 2.46. The Bertz CT molecular complexity index is 1510. The number of carbonyl (C=O) groups excluding carboxylic acids is 1. The summed E-state index contributed by atoms with van der Waals surface area (Å²) in [4.78, 5) is 31.7. The third-order valence-corrected chi connectivity index (χ3v) is 7.34. The number of aromatic nitrogens is 2. The van der Waals surface area contributed by atoms with E-state index in [1.165, 1.54) is 17.7 Å². The van der Waals surface area contributed by atoms with E-state index >= 15 is 0 Å². The molecule has 1 saturated carbocycles. The fraction of sp³-hybridized carbons (Fsp3) is 0.222. The molecule has 4 aromatic rings. The van der Waals surface area contributed by atoms with Crippen LogP contribution >= 0.6 is 23.2 Å². The number of halogens is 2. The van der Waals surface area contributed by atoms with Crippen LogP contribution < -0.4 is 10.9 Å². The summed E-state index contributed by atoms with van der Waals surface area (Å²) in [7, 11) is 0. The van der Waals surface area contributed by atoms with Crippen molar-refractivity contribution in [3.8, 4) is 5.75 Å². The molecule has 1 aliphatic rings. The molecule has 1 aliphatic carbocycles. The molecule has 1 fully saturated rings. The molecule has 2 N–H and O–H groups in total. The predicted molar refractivity (Wildman–Crippen MR) is 139 cm³/mol. The number of aryl methyl sites for hydroxylation is 2. The van der Waals surface area contributed by atoms with Gasteiger partial charge in [-0.3, -0.25) is 14.2 Å². The minimum Gasteiger partial charge on any atom is -0.505 e. The zero-order valence-electron chi connectivity index (χ0n) is 19.2. The molecule has 178 valence electrons. The summed E-state index contributed by atoms with van der Waals surface area (Å²) in [6.07, 6.45) is 1.88. The first-order valence-corrected chi connectivity index (χ1v) is 12.1. The van der Waals surface area contributed by atoms with Crippen LogP contribution in [0.4, 0.5) is 5.69 Å². The maximum atomic E-state index is 13.9. The van der Waals surface area contributed by atoms with Crippen LogP contribution in [0.2, 0.25) is 10.0 Å². The van der Waals surface area contributed by atoms with Crippen molar-refractivity contribution < 1.29 is 9.90 Å². The van der Waals surface area contributed by atoms with Gasteiger partial charge in [-0.25, -0.2) is 4.98 Å². The molecule has 0 radical (unpaired) electrons. The van der Waals surface area contributed by atoms with Crippen LogP contribution in [0.1, 0.15) is 52.1 Å². The Morgan fingerprint density at radius 3 is 2.37 bits per heavy atom. The lowest BCUT2D eigenvalue weighted by molar-refractivity contribution is 0.102. The van der Waals surface area contributed by atoms with Crippen molar-refractivity contribution in [2.75, 3.05) is 5.32 Å². The van der Waals surface area contributed by atoms with Gasteiger partial charge in [0.05, 0.1) is 26.6 Å². The Morgan fingerprint density at radius 1 is 1.06 bits per heavy atom. The lowest BCUT2D eigenvalue weighted by Crippen LogP contribution is -2.37. The van der Waals surface area contributed by atoms with E-state index in [0.717, 1.165) is 18.4 Å². The van der Waals surface area contributed by atoms with Crippen LogP contribution in [0.5, 0.6) is 5.75 Å².